The summed E-state index contributed by atoms with van der Waals surface area (Å²) in [5, 5.41) is 3.92. The Balaban J connectivity index is 2.24. The van der Waals surface area contributed by atoms with E-state index in [0.717, 1.165) is 11.1 Å². The summed E-state index contributed by atoms with van der Waals surface area (Å²) in [5.74, 6) is 0.849. The van der Waals surface area contributed by atoms with Gasteiger partial charge in [0.05, 0.1) is 19.9 Å². The van der Waals surface area contributed by atoms with Crippen molar-refractivity contribution in [2.45, 2.75) is 12.3 Å². The van der Waals surface area contributed by atoms with Gasteiger partial charge in [-0.15, -0.1) is 0 Å². The van der Waals surface area contributed by atoms with Gasteiger partial charge < -0.3 is 14.8 Å². The Morgan fingerprint density at radius 2 is 1.78 bits per heavy atom. The largest absolute Gasteiger partial charge is 0.497 e. The average Bonchev–Trinajstić information content (AvgIpc) is 2.53. The topological polar surface area (TPSA) is 47.6 Å². The molecule has 2 aromatic carbocycles. The van der Waals surface area contributed by atoms with E-state index in [-0.39, 0.29) is 18.2 Å². The van der Waals surface area contributed by atoms with Crippen LogP contribution in [0.15, 0.2) is 30.3 Å². The number of carbonyl (C=O) groups is 1. The molecule has 0 aliphatic carbocycles. The third kappa shape index (κ3) is 2.84. The summed E-state index contributed by atoms with van der Waals surface area (Å²) in [6.45, 7) is 0. The lowest BCUT2D eigenvalue weighted by molar-refractivity contribution is -0.116. The molecule has 1 amide bonds. The highest BCUT2D eigenvalue weighted by Gasteiger charge is 2.32. The van der Waals surface area contributed by atoms with Crippen LogP contribution in [0.1, 0.15) is 23.5 Å². The van der Waals surface area contributed by atoms with Crippen molar-refractivity contribution in [3.8, 4) is 11.5 Å². The maximum Gasteiger partial charge on any atom is 0.225 e. The first kappa shape index (κ1) is 16.0. The number of hydrogen-bond acceptors (Lipinski definition) is 3. The molecule has 0 saturated heterocycles. The number of fused-ring (bicyclic) bond motifs is 1. The summed E-state index contributed by atoms with van der Waals surface area (Å²) in [7, 11) is 3.14. The van der Waals surface area contributed by atoms with Gasteiger partial charge in [0.25, 0.3) is 0 Å². The van der Waals surface area contributed by atoms with E-state index in [9.17, 15) is 4.79 Å². The number of nitrogens with one attached hydrogen (secondary N) is 1. The number of anilines is 1. The molecule has 4 nitrogen and oxygen atoms in total. The Morgan fingerprint density at radius 3 is 2.39 bits per heavy atom. The first-order valence-corrected chi connectivity index (χ1v) is 7.80. The van der Waals surface area contributed by atoms with E-state index in [2.05, 4.69) is 5.32 Å². The van der Waals surface area contributed by atoms with E-state index in [1.807, 2.05) is 0 Å². The second-order valence-electron chi connectivity index (χ2n) is 5.23. The number of benzene rings is 2. The third-order valence-corrected chi connectivity index (χ3v) is 4.59. The van der Waals surface area contributed by atoms with Gasteiger partial charge in [0.15, 0.2) is 0 Å². The highest BCUT2D eigenvalue weighted by atomic mass is 35.5. The van der Waals surface area contributed by atoms with E-state index in [1.54, 1.807) is 44.6 Å². The molecule has 1 atom stereocenters. The number of amides is 1. The fourth-order valence-electron chi connectivity index (χ4n) is 2.93. The van der Waals surface area contributed by atoms with Crippen molar-refractivity contribution in [1.29, 1.82) is 0 Å². The number of rotatable bonds is 3. The molecular formula is C17H15Cl2NO3. The number of hydrogen-bond donors (Lipinski definition) is 1. The minimum Gasteiger partial charge on any atom is -0.497 e. The molecule has 1 heterocycles. The van der Waals surface area contributed by atoms with Gasteiger partial charge in [-0.3, -0.25) is 4.79 Å². The summed E-state index contributed by atoms with van der Waals surface area (Å²) in [5.41, 5.74) is 2.23. The van der Waals surface area contributed by atoms with Gasteiger partial charge in [-0.2, -0.15) is 0 Å². The molecule has 2 aromatic rings. The molecule has 0 saturated carbocycles. The van der Waals surface area contributed by atoms with Crippen LogP contribution in [-0.2, 0) is 4.79 Å². The van der Waals surface area contributed by atoms with Crippen LogP contribution in [-0.4, -0.2) is 20.1 Å². The van der Waals surface area contributed by atoms with Crippen LogP contribution in [0, 0.1) is 0 Å². The predicted octanol–water partition coefficient (Wildman–Crippen LogP) is 4.48. The lowest BCUT2D eigenvalue weighted by Gasteiger charge is -2.29. The number of methoxy groups -OCH3 is 2. The first-order chi connectivity index (χ1) is 11.0. The van der Waals surface area contributed by atoms with Crippen LogP contribution in [0.2, 0.25) is 10.0 Å². The molecule has 0 radical (unpaired) electrons. The van der Waals surface area contributed by atoms with Crippen LogP contribution in [0.4, 0.5) is 5.69 Å². The zero-order valence-electron chi connectivity index (χ0n) is 12.7. The van der Waals surface area contributed by atoms with Crippen molar-refractivity contribution in [3.63, 3.8) is 0 Å². The average molecular weight is 352 g/mol. The lowest BCUT2D eigenvalue weighted by Crippen LogP contribution is -2.24. The van der Waals surface area contributed by atoms with Crippen LogP contribution in [0.5, 0.6) is 11.5 Å². The standard InChI is InChI=1S/C17H15Cl2NO3/c1-22-9-6-13-17(14(7-9)23-2)10(8-15(21)20-13)16-11(18)4-3-5-12(16)19/h3-7,10H,8H2,1-2H3,(H,20,21). The van der Waals surface area contributed by atoms with Crippen LogP contribution < -0.4 is 14.8 Å². The highest BCUT2D eigenvalue weighted by Crippen LogP contribution is 2.48. The van der Waals surface area contributed by atoms with E-state index in [0.29, 0.717) is 27.2 Å². The molecule has 3 rings (SSSR count). The smallest absolute Gasteiger partial charge is 0.225 e. The van der Waals surface area contributed by atoms with E-state index in [4.69, 9.17) is 32.7 Å². The zero-order valence-corrected chi connectivity index (χ0v) is 14.2. The normalized spacial score (nSPS) is 16.5. The Labute approximate surface area is 144 Å². The molecular weight excluding hydrogens is 337 g/mol. The van der Waals surface area contributed by atoms with Crippen LogP contribution >= 0.6 is 23.2 Å². The number of halogens is 2. The maximum atomic E-state index is 12.2. The zero-order chi connectivity index (χ0) is 16.6. The van der Waals surface area contributed by atoms with Gasteiger partial charge in [0.2, 0.25) is 5.91 Å². The Bertz CT molecular complexity index is 756. The molecule has 0 fully saturated rings. The molecule has 1 aliphatic heterocycles. The fourth-order valence-corrected chi connectivity index (χ4v) is 3.59. The number of ether oxygens (including phenoxy) is 2. The Hall–Kier alpha value is -1.91. The van der Waals surface area contributed by atoms with Crippen molar-refractivity contribution >= 4 is 34.8 Å². The van der Waals surface area contributed by atoms with Gasteiger partial charge in [0.1, 0.15) is 11.5 Å². The van der Waals surface area contributed by atoms with Gasteiger partial charge in [-0.1, -0.05) is 29.3 Å². The SMILES string of the molecule is COc1cc2c(c(OC)c1)C(c1c(Cl)cccc1Cl)CC(=O)N2. The van der Waals surface area contributed by atoms with E-state index in [1.165, 1.54) is 0 Å². The molecule has 1 N–H and O–H groups in total. The summed E-state index contributed by atoms with van der Waals surface area (Å²) < 4.78 is 10.8. The van der Waals surface area contributed by atoms with Crippen LogP contribution in [0.3, 0.4) is 0 Å². The van der Waals surface area contributed by atoms with Crippen molar-refractivity contribution in [2.24, 2.45) is 0 Å². The number of carbonyl (C=O) groups excluding carboxylic acids is 1. The summed E-state index contributed by atoms with van der Waals surface area (Å²) in [6.07, 6.45) is 0.249. The second kappa shape index (κ2) is 6.30. The van der Waals surface area contributed by atoms with Crippen molar-refractivity contribution < 1.29 is 14.3 Å². The minimum atomic E-state index is -0.277. The van der Waals surface area contributed by atoms with Crippen molar-refractivity contribution in [3.05, 3.63) is 51.5 Å². The van der Waals surface area contributed by atoms with E-state index >= 15 is 0 Å². The fraction of sp³-hybridized carbons (Fsp3) is 0.235. The second-order valence-corrected chi connectivity index (χ2v) is 6.05. The molecule has 120 valence electrons. The summed E-state index contributed by atoms with van der Waals surface area (Å²) in [4.78, 5) is 12.2. The van der Waals surface area contributed by atoms with Crippen molar-refractivity contribution in [2.75, 3.05) is 19.5 Å². The predicted molar refractivity (Wildman–Crippen MR) is 91.1 cm³/mol. The van der Waals surface area contributed by atoms with Gasteiger partial charge in [0, 0.05) is 40.1 Å². The van der Waals surface area contributed by atoms with Crippen LogP contribution in [0.25, 0.3) is 0 Å². The Kier molecular flexibility index (Phi) is 4.37. The van der Waals surface area contributed by atoms with Gasteiger partial charge in [-0.25, -0.2) is 0 Å². The highest BCUT2D eigenvalue weighted by molar-refractivity contribution is 6.36. The van der Waals surface area contributed by atoms with Gasteiger partial charge >= 0.3 is 0 Å². The monoisotopic (exact) mass is 351 g/mol. The summed E-state index contributed by atoms with van der Waals surface area (Å²) in [6, 6.07) is 8.87. The maximum absolute atomic E-state index is 12.2. The van der Waals surface area contributed by atoms with Gasteiger partial charge in [-0.05, 0) is 17.7 Å². The third-order valence-electron chi connectivity index (χ3n) is 3.93. The Morgan fingerprint density at radius 1 is 1.09 bits per heavy atom. The quantitative estimate of drug-likeness (QED) is 0.886. The lowest BCUT2D eigenvalue weighted by atomic mass is 9.84. The molecule has 0 bridgehead atoms. The molecule has 6 heteroatoms. The van der Waals surface area contributed by atoms with Crippen molar-refractivity contribution in [1.82, 2.24) is 0 Å². The molecule has 1 aliphatic rings. The molecule has 1 unspecified atom stereocenters. The van der Waals surface area contributed by atoms with E-state index < -0.39 is 0 Å². The molecule has 0 spiro atoms. The molecule has 0 aromatic heterocycles. The molecule has 23 heavy (non-hydrogen) atoms. The summed E-state index contributed by atoms with van der Waals surface area (Å²) >= 11 is 12.7. The first-order valence-electron chi connectivity index (χ1n) is 7.04. The minimum absolute atomic E-state index is 0.103.